The molecule has 2 heterocycles. The third-order valence-electron chi connectivity index (χ3n) is 3.20. The fraction of sp³-hybridized carbons (Fsp3) is 0.600. The molecule has 2 atom stereocenters. The van der Waals surface area contributed by atoms with Crippen LogP contribution in [-0.4, -0.2) is 34.3 Å². The van der Waals surface area contributed by atoms with Gasteiger partial charge in [-0.3, -0.25) is 5.43 Å². The van der Waals surface area contributed by atoms with Gasteiger partial charge in [-0.15, -0.1) is 0 Å². The summed E-state index contributed by atoms with van der Waals surface area (Å²) in [6.07, 6.45) is 1.98. The van der Waals surface area contributed by atoms with Crippen molar-refractivity contribution in [1.82, 2.24) is 9.97 Å². The van der Waals surface area contributed by atoms with Crippen LogP contribution in [0.25, 0.3) is 0 Å². The van der Waals surface area contributed by atoms with Crippen LogP contribution in [-0.2, 0) is 0 Å². The molecule has 7 heteroatoms. The van der Waals surface area contributed by atoms with Crippen LogP contribution >= 0.6 is 0 Å². The number of nitrogens with zero attached hydrogens (tertiary/aromatic N) is 3. The van der Waals surface area contributed by atoms with Crippen LogP contribution in [0.5, 0.6) is 0 Å². The Bertz CT molecular complexity index is 402. The lowest BCUT2D eigenvalue weighted by Gasteiger charge is -2.26. The molecule has 0 radical (unpaired) electrons. The average Bonchev–Trinajstić information content (AvgIpc) is 2.71. The Balaban J connectivity index is 2.32. The van der Waals surface area contributed by atoms with Gasteiger partial charge in [-0.05, 0) is 12.3 Å². The number of nitrogens with one attached hydrogen (secondary N) is 1. The molecule has 0 aliphatic carbocycles. The normalized spacial score (nSPS) is 24.1. The molecule has 2 rings (SSSR count). The van der Waals surface area contributed by atoms with Gasteiger partial charge in [0, 0.05) is 6.54 Å². The maximum Gasteiger partial charge on any atom is 0.239 e. The number of rotatable bonds is 3. The molecule has 1 fully saturated rings. The van der Waals surface area contributed by atoms with E-state index in [4.69, 9.17) is 5.84 Å². The molecule has 4 N–H and O–H groups in total. The average molecular weight is 241 g/mol. The molecule has 6 nitrogen and oxygen atoms in total. The van der Waals surface area contributed by atoms with Gasteiger partial charge in [0.15, 0.2) is 11.6 Å². The summed E-state index contributed by atoms with van der Waals surface area (Å²) < 4.78 is 13.7. The number of anilines is 2. The van der Waals surface area contributed by atoms with E-state index in [1.807, 2.05) is 6.92 Å². The van der Waals surface area contributed by atoms with Crippen molar-refractivity contribution in [1.29, 1.82) is 0 Å². The topological polar surface area (TPSA) is 87.3 Å². The van der Waals surface area contributed by atoms with Crippen molar-refractivity contribution in [3.8, 4) is 0 Å². The minimum Gasteiger partial charge on any atom is -0.394 e. The predicted molar refractivity (Wildman–Crippen MR) is 61.8 cm³/mol. The minimum atomic E-state index is -0.503. The summed E-state index contributed by atoms with van der Waals surface area (Å²) in [7, 11) is 0. The van der Waals surface area contributed by atoms with Gasteiger partial charge in [0.1, 0.15) is 0 Å². The molecule has 1 aromatic rings. The third kappa shape index (κ3) is 2.16. The summed E-state index contributed by atoms with van der Waals surface area (Å²) in [6.45, 7) is 2.68. The van der Waals surface area contributed by atoms with Gasteiger partial charge in [-0.2, -0.15) is 4.98 Å². The van der Waals surface area contributed by atoms with Crippen molar-refractivity contribution in [3.05, 3.63) is 12.0 Å². The summed E-state index contributed by atoms with van der Waals surface area (Å²) >= 11 is 0. The first-order valence-electron chi connectivity index (χ1n) is 5.54. The molecule has 0 bridgehead atoms. The molecule has 1 aliphatic heterocycles. The lowest BCUT2D eigenvalue weighted by Crippen LogP contribution is -2.36. The van der Waals surface area contributed by atoms with Gasteiger partial charge in [0.05, 0.1) is 18.8 Å². The highest BCUT2D eigenvalue weighted by molar-refractivity contribution is 5.45. The van der Waals surface area contributed by atoms with E-state index in [0.29, 0.717) is 12.5 Å². The zero-order chi connectivity index (χ0) is 12.4. The predicted octanol–water partition coefficient (Wildman–Crippen LogP) is 0.108. The summed E-state index contributed by atoms with van der Waals surface area (Å²) in [5.41, 5.74) is 2.28. The summed E-state index contributed by atoms with van der Waals surface area (Å²) in [5, 5.41) is 9.34. The molecule has 17 heavy (non-hydrogen) atoms. The number of hydrazine groups is 1. The van der Waals surface area contributed by atoms with Gasteiger partial charge < -0.3 is 10.0 Å². The van der Waals surface area contributed by atoms with Gasteiger partial charge in [-0.25, -0.2) is 15.2 Å². The lowest BCUT2D eigenvalue weighted by atomic mass is 10.0. The van der Waals surface area contributed by atoms with E-state index in [0.717, 1.165) is 12.6 Å². The maximum atomic E-state index is 13.7. The first-order valence-corrected chi connectivity index (χ1v) is 5.54. The Kier molecular flexibility index (Phi) is 3.39. The highest BCUT2D eigenvalue weighted by Crippen LogP contribution is 2.29. The molecule has 0 spiro atoms. The number of aromatic nitrogens is 2. The Morgan fingerprint density at radius 2 is 2.47 bits per heavy atom. The van der Waals surface area contributed by atoms with Crippen LogP contribution in [0.2, 0.25) is 0 Å². The number of aliphatic hydroxyl groups is 1. The maximum absolute atomic E-state index is 13.7. The van der Waals surface area contributed by atoms with Crippen molar-refractivity contribution < 1.29 is 9.50 Å². The second-order valence-corrected chi connectivity index (χ2v) is 4.22. The van der Waals surface area contributed by atoms with Crippen molar-refractivity contribution >= 4 is 11.8 Å². The summed E-state index contributed by atoms with van der Waals surface area (Å²) in [4.78, 5) is 9.45. The second-order valence-electron chi connectivity index (χ2n) is 4.22. The molecular weight excluding hydrogens is 225 g/mol. The molecule has 1 saturated heterocycles. The molecule has 1 aromatic heterocycles. The number of nitrogen functional groups attached to an aromatic ring is 1. The van der Waals surface area contributed by atoms with Crippen LogP contribution in [0, 0.1) is 11.7 Å². The molecule has 2 unspecified atom stereocenters. The third-order valence-corrected chi connectivity index (χ3v) is 3.20. The summed E-state index contributed by atoms with van der Waals surface area (Å²) in [5.74, 6) is 5.36. The van der Waals surface area contributed by atoms with E-state index in [-0.39, 0.29) is 24.4 Å². The monoisotopic (exact) mass is 241 g/mol. The molecular formula is C10H16FN5O. The van der Waals surface area contributed by atoms with E-state index in [1.54, 1.807) is 4.90 Å². The Morgan fingerprint density at radius 1 is 1.71 bits per heavy atom. The van der Waals surface area contributed by atoms with Crippen LogP contribution < -0.4 is 16.2 Å². The van der Waals surface area contributed by atoms with Crippen LogP contribution in [0.3, 0.4) is 0 Å². The zero-order valence-electron chi connectivity index (χ0n) is 9.60. The smallest absolute Gasteiger partial charge is 0.239 e. The van der Waals surface area contributed by atoms with E-state index >= 15 is 0 Å². The first kappa shape index (κ1) is 12.0. The minimum absolute atomic E-state index is 0.0179. The number of nitrogens with two attached hydrogens (primary N) is 1. The van der Waals surface area contributed by atoms with E-state index in [2.05, 4.69) is 15.4 Å². The van der Waals surface area contributed by atoms with Crippen LogP contribution in [0.1, 0.15) is 13.3 Å². The second kappa shape index (κ2) is 4.80. The van der Waals surface area contributed by atoms with E-state index in [9.17, 15) is 9.50 Å². The van der Waals surface area contributed by atoms with Gasteiger partial charge in [0.2, 0.25) is 5.95 Å². The largest absolute Gasteiger partial charge is 0.394 e. The fourth-order valence-corrected chi connectivity index (χ4v) is 2.18. The van der Waals surface area contributed by atoms with Gasteiger partial charge in [-0.1, -0.05) is 6.92 Å². The number of hydrogen-bond acceptors (Lipinski definition) is 6. The van der Waals surface area contributed by atoms with Crippen molar-refractivity contribution in [2.75, 3.05) is 23.5 Å². The number of halogens is 1. The highest BCUT2D eigenvalue weighted by Gasteiger charge is 2.33. The Hall–Kier alpha value is -1.47. The molecule has 0 amide bonds. The Labute approximate surface area is 98.6 Å². The molecule has 94 valence electrons. The van der Waals surface area contributed by atoms with Crippen molar-refractivity contribution in [2.45, 2.75) is 19.4 Å². The van der Waals surface area contributed by atoms with Crippen LogP contribution in [0.4, 0.5) is 16.2 Å². The number of hydrogen-bond donors (Lipinski definition) is 3. The SMILES string of the molecule is CC1CCN(c2nc(NN)ncc2F)C1CO. The highest BCUT2D eigenvalue weighted by atomic mass is 19.1. The van der Waals surface area contributed by atoms with Gasteiger partial charge >= 0.3 is 0 Å². The quantitative estimate of drug-likeness (QED) is 0.514. The van der Waals surface area contributed by atoms with Gasteiger partial charge in [0.25, 0.3) is 0 Å². The van der Waals surface area contributed by atoms with Crippen LogP contribution in [0.15, 0.2) is 6.20 Å². The van der Waals surface area contributed by atoms with E-state index < -0.39 is 5.82 Å². The number of aliphatic hydroxyl groups excluding tert-OH is 1. The van der Waals surface area contributed by atoms with Crippen molar-refractivity contribution in [3.63, 3.8) is 0 Å². The fourth-order valence-electron chi connectivity index (χ4n) is 2.18. The molecule has 0 saturated carbocycles. The zero-order valence-corrected chi connectivity index (χ0v) is 9.60. The molecule has 1 aliphatic rings. The Morgan fingerprint density at radius 3 is 3.12 bits per heavy atom. The van der Waals surface area contributed by atoms with E-state index in [1.165, 1.54) is 0 Å². The summed E-state index contributed by atoms with van der Waals surface area (Å²) in [6, 6.07) is -0.106. The lowest BCUT2D eigenvalue weighted by molar-refractivity contribution is 0.244. The van der Waals surface area contributed by atoms with Crippen molar-refractivity contribution in [2.24, 2.45) is 11.8 Å². The standard InChI is InChI=1S/C10H16FN5O/c1-6-2-3-16(8(6)5-17)9-7(11)4-13-10(14-9)15-12/h4,6,8,17H,2-3,5,12H2,1H3,(H,13,14,15). The first-order chi connectivity index (χ1) is 8.17. The molecule has 0 aromatic carbocycles.